The average Bonchev–Trinajstić information content (AvgIpc) is 3.05. The van der Waals surface area contributed by atoms with E-state index in [0.717, 1.165) is 12.1 Å². The molecule has 1 amide bonds. The molecule has 6 nitrogen and oxygen atoms in total. The maximum atomic E-state index is 12.5. The molecule has 1 saturated heterocycles. The summed E-state index contributed by atoms with van der Waals surface area (Å²) in [4.78, 5) is 25.2. The Bertz CT molecular complexity index is 681. The smallest absolute Gasteiger partial charge is 0.308 e. The van der Waals surface area contributed by atoms with Crippen LogP contribution in [0.25, 0.3) is 5.69 Å². The van der Waals surface area contributed by atoms with Crippen LogP contribution in [0.5, 0.6) is 0 Å². The number of aromatic nitrogens is 2. The van der Waals surface area contributed by atoms with Gasteiger partial charge >= 0.3 is 5.97 Å². The predicted octanol–water partition coefficient (Wildman–Crippen LogP) is 1.81. The molecule has 6 heteroatoms. The molecule has 0 saturated carbocycles. The maximum Gasteiger partial charge on any atom is 0.308 e. The summed E-state index contributed by atoms with van der Waals surface area (Å²) in [6.07, 6.45) is 4.56. The minimum Gasteiger partial charge on any atom is -0.481 e. The van der Waals surface area contributed by atoms with Crippen molar-refractivity contribution in [3.63, 3.8) is 0 Å². The molecule has 1 N–H and O–H groups in total. The van der Waals surface area contributed by atoms with E-state index in [1.165, 1.54) is 6.20 Å². The molecule has 1 fully saturated rings. The second-order valence-corrected chi connectivity index (χ2v) is 5.44. The minimum absolute atomic E-state index is 0.159. The molecule has 2 aromatic rings. The first-order valence-electron chi connectivity index (χ1n) is 7.27. The van der Waals surface area contributed by atoms with Crippen LogP contribution in [0.15, 0.2) is 42.7 Å². The van der Waals surface area contributed by atoms with Gasteiger partial charge in [-0.2, -0.15) is 5.10 Å². The first kappa shape index (κ1) is 14.3. The van der Waals surface area contributed by atoms with Gasteiger partial charge in [0, 0.05) is 19.3 Å². The number of hydrogen-bond donors (Lipinski definition) is 1. The molecule has 22 heavy (non-hydrogen) atoms. The molecule has 114 valence electrons. The van der Waals surface area contributed by atoms with Crippen molar-refractivity contribution in [2.24, 2.45) is 5.92 Å². The molecular weight excluding hydrogens is 282 g/mol. The molecule has 1 atom stereocenters. The van der Waals surface area contributed by atoms with E-state index >= 15 is 0 Å². The lowest BCUT2D eigenvalue weighted by Crippen LogP contribution is -2.42. The van der Waals surface area contributed by atoms with Crippen molar-refractivity contribution in [3.05, 3.63) is 48.3 Å². The number of carbonyl (C=O) groups excluding carboxylic acids is 1. The minimum atomic E-state index is -0.836. The van der Waals surface area contributed by atoms with Crippen molar-refractivity contribution in [1.82, 2.24) is 14.7 Å². The summed E-state index contributed by atoms with van der Waals surface area (Å²) in [7, 11) is 0. The Morgan fingerprint density at radius 2 is 2.00 bits per heavy atom. The Morgan fingerprint density at radius 1 is 1.23 bits per heavy atom. The van der Waals surface area contributed by atoms with Gasteiger partial charge in [0.25, 0.3) is 5.91 Å². The molecule has 3 rings (SSSR count). The summed E-state index contributed by atoms with van der Waals surface area (Å²) in [5, 5.41) is 13.3. The van der Waals surface area contributed by atoms with Gasteiger partial charge < -0.3 is 10.0 Å². The van der Waals surface area contributed by atoms with Gasteiger partial charge in [-0.05, 0) is 25.0 Å². The number of rotatable bonds is 3. The second-order valence-electron chi connectivity index (χ2n) is 5.44. The molecular formula is C16H17N3O3. The van der Waals surface area contributed by atoms with Gasteiger partial charge in [-0.25, -0.2) is 4.68 Å². The zero-order valence-corrected chi connectivity index (χ0v) is 12.1. The Kier molecular flexibility index (Phi) is 3.91. The van der Waals surface area contributed by atoms with Crippen LogP contribution >= 0.6 is 0 Å². The molecule has 1 aromatic heterocycles. The van der Waals surface area contributed by atoms with Gasteiger partial charge in [-0.15, -0.1) is 0 Å². The van der Waals surface area contributed by atoms with Crippen molar-refractivity contribution in [2.75, 3.05) is 13.1 Å². The fourth-order valence-corrected chi connectivity index (χ4v) is 2.70. The highest BCUT2D eigenvalue weighted by molar-refractivity contribution is 5.94. The maximum absolute atomic E-state index is 12.5. The van der Waals surface area contributed by atoms with Crippen molar-refractivity contribution >= 4 is 11.9 Å². The SMILES string of the molecule is O=C(O)C1CCCN(C(=O)c2cnn(-c3ccccc3)c2)C1. The molecule has 1 aliphatic rings. The van der Waals surface area contributed by atoms with Crippen LogP contribution in [-0.2, 0) is 4.79 Å². The van der Waals surface area contributed by atoms with Gasteiger partial charge in [0.15, 0.2) is 0 Å². The number of carboxylic acid groups (broad SMARTS) is 1. The number of aliphatic carboxylic acids is 1. The predicted molar refractivity (Wildman–Crippen MR) is 79.8 cm³/mol. The second kappa shape index (κ2) is 6.01. The number of hydrogen-bond acceptors (Lipinski definition) is 3. The third-order valence-corrected chi connectivity index (χ3v) is 3.91. The summed E-state index contributed by atoms with van der Waals surface area (Å²) < 4.78 is 1.64. The van der Waals surface area contributed by atoms with E-state index in [2.05, 4.69) is 5.10 Å². The van der Waals surface area contributed by atoms with E-state index in [-0.39, 0.29) is 12.5 Å². The third-order valence-electron chi connectivity index (χ3n) is 3.91. The van der Waals surface area contributed by atoms with E-state index in [0.29, 0.717) is 18.5 Å². The van der Waals surface area contributed by atoms with Crippen LogP contribution < -0.4 is 0 Å². The number of carboxylic acids is 1. The zero-order chi connectivity index (χ0) is 15.5. The lowest BCUT2D eigenvalue weighted by Gasteiger charge is -2.30. The molecule has 0 aliphatic carbocycles. The summed E-state index contributed by atoms with van der Waals surface area (Å²) >= 11 is 0. The highest BCUT2D eigenvalue weighted by Gasteiger charge is 2.29. The van der Waals surface area contributed by atoms with Crippen LogP contribution in [0.3, 0.4) is 0 Å². The van der Waals surface area contributed by atoms with E-state index < -0.39 is 11.9 Å². The zero-order valence-electron chi connectivity index (χ0n) is 12.1. The lowest BCUT2D eigenvalue weighted by molar-refractivity contribution is -0.143. The first-order chi connectivity index (χ1) is 10.6. The van der Waals surface area contributed by atoms with E-state index in [4.69, 9.17) is 5.11 Å². The molecule has 1 aliphatic heterocycles. The number of carbonyl (C=O) groups is 2. The number of piperidine rings is 1. The summed E-state index contributed by atoms with van der Waals surface area (Å²) in [6, 6.07) is 9.53. The third kappa shape index (κ3) is 2.86. The standard InChI is InChI=1S/C16H17N3O3/c20-15(18-8-4-5-12(10-18)16(21)22)13-9-17-19(11-13)14-6-2-1-3-7-14/h1-3,6-7,9,11-12H,4-5,8,10H2,(H,21,22). The first-order valence-corrected chi connectivity index (χ1v) is 7.27. The Balaban J connectivity index is 1.76. The fraction of sp³-hybridized carbons (Fsp3) is 0.312. The molecule has 0 spiro atoms. The number of likely N-dealkylation sites (tertiary alicyclic amines) is 1. The largest absolute Gasteiger partial charge is 0.481 e. The van der Waals surface area contributed by atoms with Crippen LogP contribution in [0, 0.1) is 5.92 Å². The molecule has 2 heterocycles. The molecule has 0 bridgehead atoms. The van der Waals surface area contributed by atoms with E-state index in [1.807, 2.05) is 30.3 Å². The summed E-state index contributed by atoms with van der Waals surface area (Å²) in [5.41, 5.74) is 1.36. The number of benzene rings is 1. The Morgan fingerprint density at radius 3 is 2.73 bits per heavy atom. The topological polar surface area (TPSA) is 75.4 Å². The van der Waals surface area contributed by atoms with Gasteiger partial charge in [0.1, 0.15) is 0 Å². The van der Waals surface area contributed by atoms with Crippen molar-refractivity contribution < 1.29 is 14.7 Å². The quantitative estimate of drug-likeness (QED) is 0.938. The Labute approximate surface area is 128 Å². The van der Waals surface area contributed by atoms with Crippen LogP contribution in [0.4, 0.5) is 0 Å². The number of nitrogens with zero attached hydrogens (tertiary/aromatic N) is 3. The molecule has 0 radical (unpaired) electrons. The van der Waals surface area contributed by atoms with Gasteiger partial charge in [0.2, 0.25) is 0 Å². The molecule has 1 unspecified atom stereocenters. The highest BCUT2D eigenvalue weighted by Crippen LogP contribution is 2.19. The summed E-state index contributed by atoms with van der Waals surface area (Å²) in [5.74, 6) is -1.47. The van der Waals surface area contributed by atoms with Crippen LogP contribution in [-0.4, -0.2) is 44.8 Å². The van der Waals surface area contributed by atoms with Gasteiger partial charge in [-0.1, -0.05) is 18.2 Å². The van der Waals surface area contributed by atoms with Crippen molar-refractivity contribution in [1.29, 1.82) is 0 Å². The van der Waals surface area contributed by atoms with Crippen molar-refractivity contribution in [2.45, 2.75) is 12.8 Å². The number of para-hydroxylation sites is 1. The van der Waals surface area contributed by atoms with Gasteiger partial charge in [0.05, 0.1) is 23.4 Å². The van der Waals surface area contributed by atoms with E-state index in [9.17, 15) is 9.59 Å². The van der Waals surface area contributed by atoms with Gasteiger partial charge in [-0.3, -0.25) is 9.59 Å². The monoisotopic (exact) mass is 299 g/mol. The van der Waals surface area contributed by atoms with Crippen LogP contribution in [0.1, 0.15) is 23.2 Å². The van der Waals surface area contributed by atoms with Crippen molar-refractivity contribution in [3.8, 4) is 5.69 Å². The lowest BCUT2D eigenvalue weighted by atomic mass is 9.98. The molecule has 1 aromatic carbocycles. The Hall–Kier alpha value is -2.63. The normalized spacial score (nSPS) is 18.2. The number of amides is 1. The summed E-state index contributed by atoms with van der Waals surface area (Å²) in [6.45, 7) is 0.865. The van der Waals surface area contributed by atoms with E-state index in [1.54, 1.807) is 15.8 Å². The van der Waals surface area contributed by atoms with Crippen LogP contribution in [0.2, 0.25) is 0 Å². The highest BCUT2D eigenvalue weighted by atomic mass is 16.4. The fourth-order valence-electron chi connectivity index (χ4n) is 2.70. The average molecular weight is 299 g/mol.